The Morgan fingerprint density at radius 1 is 1.29 bits per heavy atom. The van der Waals surface area contributed by atoms with Gasteiger partial charge in [-0.2, -0.15) is 0 Å². The Morgan fingerprint density at radius 3 is 2.83 bits per heavy atom. The summed E-state index contributed by atoms with van der Waals surface area (Å²) in [4.78, 5) is 4.23. The smallest absolute Gasteiger partial charge is 0.226 e. The first-order valence-corrected chi connectivity index (χ1v) is 7.27. The first-order valence-electron chi connectivity index (χ1n) is 7.27. The van der Waals surface area contributed by atoms with E-state index >= 15 is 0 Å². The molecule has 0 atom stereocenters. The number of aliphatic hydroxyl groups is 1. The van der Waals surface area contributed by atoms with Crippen molar-refractivity contribution in [3.8, 4) is 11.5 Å². The van der Waals surface area contributed by atoms with Crippen LogP contribution in [0.4, 0.5) is 8.78 Å². The highest BCUT2D eigenvalue weighted by atomic mass is 19.2. The molecule has 0 saturated carbocycles. The van der Waals surface area contributed by atoms with Gasteiger partial charge >= 0.3 is 0 Å². The van der Waals surface area contributed by atoms with E-state index in [9.17, 15) is 13.9 Å². The summed E-state index contributed by atoms with van der Waals surface area (Å²) in [6.07, 6.45) is 3.06. The minimum absolute atomic E-state index is 0.186. The van der Waals surface area contributed by atoms with Crippen LogP contribution in [0.15, 0.2) is 35.1 Å². The Morgan fingerprint density at radius 2 is 2.12 bits per heavy atom. The zero-order valence-electron chi connectivity index (χ0n) is 12.4. The molecule has 1 fully saturated rings. The third kappa shape index (κ3) is 2.57. The number of hydrogen-bond acceptors (Lipinski definition) is 6. The number of rotatable bonds is 4. The summed E-state index contributed by atoms with van der Waals surface area (Å²) in [5.74, 6) is -1.70. The van der Waals surface area contributed by atoms with Gasteiger partial charge in [0.1, 0.15) is 23.3 Å². The SMILES string of the molecule is OC1(c2cn(Cc3coc(-c4ccc(F)c(F)c4)n3)nn2)CNC1. The Kier molecular flexibility index (Phi) is 3.39. The zero-order chi connectivity index (χ0) is 16.7. The molecule has 0 bridgehead atoms. The monoisotopic (exact) mass is 333 g/mol. The molecule has 24 heavy (non-hydrogen) atoms. The number of halogens is 2. The van der Waals surface area contributed by atoms with Gasteiger partial charge in [-0.15, -0.1) is 5.10 Å². The molecule has 1 aliphatic heterocycles. The van der Waals surface area contributed by atoms with Crippen LogP contribution < -0.4 is 5.32 Å². The second-order valence-electron chi connectivity index (χ2n) is 5.71. The molecule has 3 heterocycles. The number of oxazole rings is 1. The van der Waals surface area contributed by atoms with E-state index in [0.29, 0.717) is 30.0 Å². The Balaban J connectivity index is 1.52. The highest BCUT2D eigenvalue weighted by Crippen LogP contribution is 2.23. The molecule has 0 spiro atoms. The number of nitrogens with one attached hydrogen (secondary N) is 1. The Hall–Kier alpha value is -2.65. The minimum Gasteiger partial charge on any atom is -0.444 e. The highest BCUT2D eigenvalue weighted by molar-refractivity contribution is 5.53. The maximum atomic E-state index is 13.3. The topological polar surface area (TPSA) is 89.0 Å². The quantitative estimate of drug-likeness (QED) is 0.742. The van der Waals surface area contributed by atoms with Crippen LogP contribution in [0.3, 0.4) is 0 Å². The largest absolute Gasteiger partial charge is 0.444 e. The van der Waals surface area contributed by atoms with Crippen molar-refractivity contribution >= 4 is 0 Å². The molecule has 4 rings (SSSR count). The first kappa shape index (κ1) is 14.9. The van der Waals surface area contributed by atoms with Crippen LogP contribution >= 0.6 is 0 Å². The van der Waals surface area contributed by atoms with Crippen LogP contribution in [0.2, 0.25) is 0 Å². The lowest BCUT2D eigenvalue weighted by Crippen LogP contribution is -2.57. The number of hydrogen-bond donors (Lipinski definition) is 2. The number of benzene rings is 1. The molecule has 0 aliphatic carbocycles. The summed E-state index contributed by atoms with van der Waals surface area (Å²) in [7, 11) is 0. The molecule has 3 aromatic rings. The van der Waals surface area contributed by atoms with E-state index in [4.69, 9.17) is 4.42 Å². The fourth-order valence-electron chi connectivity index (χ4n) is 2.44. The van der Waals surface area contributed by atoms with Gasteiger partial charge in [0.2, 0.25) is 5.89 Å². The van der Waals surface area contributed by atoms with Crippen molar-refractivity contribution in [1.29, 1.82) is 0 Å². The number of nitrogens with zero attached hydrogens (tertiary/aromatic N) is 4. The van der Waals surface area contributed by atoms with E-state index in [1.165, 1.54) is 17.0 Å². The predicted octanol–water partition coefficient (Wildman–Crippen LogP) is 1.05. The van der Waals surface area contributed by atoms with Crippen LogP contribution in [0.1, 0.15) is 11.4 Å². The van der Waals surface area contributed by atoms with E-state index in [-0.39, 0.29) is 12.4 Å². The highest BCUT2D eigenvalue weighted by Gasteiger charge is 2.38. The van der Waals surface area contributed by atoms with Gasteiger partial charge in [-0.25, -0.2) is 18.4 Å². The van der Waals surface area contributed by atoms with Crippen LogP contribution in [0, 0.1) is 11.6 Å². The maximum Gasteiger partial charge on any atom is 0.226 e. The lowest BCUT2D eigenvalue weighted by molar-refractivity contribution is -0.0186. The molecular formula is C15H13F2N5O2. The summed E-state index contributed by atoms with van der Waals surface area (Å²) < 4.78 is 33.1. The molecule has 0 unspecified atom stereocenters. The van der Waals surface area contributed by atoms with Gasteiger partial charge in [0.05, 0.1) is 12.7 Å². The normalized spacial score (nSPS) is 16.1. The van der Waals surface area contributed by atoms with Crippen molar-refractivity contribution < 1.29 is 18.3 Å². The molecule has 2 aromatic heterocycles. The molecule has 9 heteroatoms. The van der Waals surface area contributed by atoms with Crippen molar-refractivity contribution in [3.05, 3.63) is 53.7 Å². The van der Waals surface area contributed by atoms with E-state index in [1.54, 1.807) is 6.20 Å². The molecule has 0 amide bonds. The molecule has 1 aliphatic rings. The zero-order valence-corrected chi connectivity index (χ0v) is 12.4. The lowest BCUT2D eigenvalue weighted by atomic mass is 9.94. The summed E-state index contributed by atoms with van der Waals surface area (Å²) in [6.45, 7) is 1.16. The third-order valence-electron chi connectivity index (χ3n) is 3.89. The van der Waals surface area contributed by atoms with Crippen molar-refractivity contribution in [2.45, 2.75) is 12.1 Å². The summed E-state index contributed by atoms with van der Waals surface area (Å²) in [5.41, 5.74) is 0.406. The average molecular weight is 333 g/mol. The van der Waals surface area contributed by atoms with Crippen LogP contribution in [0.25, 0.3) is 11.5 Å². The second kappa shape index (κ2) is 5.46. The molecule has 1 saturated heterocycles. The van der Waals surface area contributed by atoms with Crippen molar-refractivity contribution in [2.75, 3.05) is 13.1 Å². The molecule has 0 radical (unpaired) electrons. The third-order valence-corrected chi connectivity index (χ3v) is 3.89. The van der Waals surface area contributed by atoms with E-state index in [1.807, 2.05) is 0 Å². The fraction of sp³-hybridized carbons (Fsp3) is 0.267. The molecule has 1 aromatic carbocycles. The molecule has 124 valence electrons. The predicted molar refractivity (Wildman–Crippen MR) is 77.7 cm³/mol. The minimum atomic E-state index is -0.973. The van der Waals surface area contributed by atoms with E-state index < -0.39 is 17.2 Å². The van der Waals surface area contributed by atoms with Gasteiger partial charge in [0.25, 0.3) is 0 Å². The van der Waals surface area contributed by atoms with Crippen molar-refractivity contribution in [2.24, 2.45) is 0 Å². The number of aromatic nitrogens is 4. The van der Waals surface area contributed by atoms with E-state index in [2.05, 4.69) is 20.6 Å². The summed E-state index contributed by atoms with van der Waals surface area (Å²) >= 11 is 0. The van der Waals surface area contributed by atoms with Gasteiger partial charge in [0, 0.05) is 18.7 Å². The van der Waals surface area contributed by atoms with Crippen molar-refractivity contribution in [3.63, 3.8) is 0 Å². The van der Waals surface area contributed by atoms with Crippen LogP contribution in [0.5, 0.6) is 0 Å². The van der Waals surface area contributed by atoms with Gasteiger partial charge < -0.3 is 14.8 Å². The lowest BCUT2D eigenvalue weighted by Gasteiger charge is -2.35. The Bertz CT molecular complexity index is 888. The second-order valence-corrected chi connectivity index (χ2v) is 5.71. The molecule has 7 nitrogen and oxygen atoms in total. The van der Waals surface area contributed by atoms with Gasteiger partial charge in [-0.1, -0.05) is 5.21 Å². The van der Waals surface area contributed by atoms with Gasteiger partial charge in [-0.3, -0.25) is 0 Å². The molecule has 2 N–H and O–H groups in total. The van der Waals surface area contributed by atoms with Gasteiger partial charge in [0.15, 0.2) is 11.6 Å². The van der Waals surface area contributed by atoms with Crippen LogP contribution in [-0.4, -0.2) is 38.2 Å². The van der Waals surface area contributed by atoms with Crippen molar-refractivity contribution in [1.82, 2.24) is 25.3 Å². The van der Waals surface area contributed by atoms with Gasteiger partial charge in [-0.05, 0) is 18.2 Å². The summed E-state index contributed by atoms with van der Waals surface area (Å²) in [5, 5.41) is 21.1. The number of β-amino-alcohol motifs (C(OH)–C–C–N with tert-alkyl or cyclic N) is 1. The average Bonchev–Trinajstić information content (AvgIpc) is 3.18. The molecular weight excluding hydrogens is 320 g/mol. The fourth-order valence-corrected chi connectivity index (χ4v) is 2.44. The summed E-state index contributed by atoms with van der Waals surface area (Å²) in [6, 6.07) is 3.43. The maximum absolute atomic E-state index is 13.3. The van der Waals surface area contributed by atoms with Crippen LogP contribution in [-0.2, 0) is 12.1 Å². The first-order chi connectivity index (χ1) is 11.5. The van der Waals surface area contributed by atoms with E-state index in [0.717, 1.165) is 12.1 Å². The Labute approximate surface area is 134 Å². The standard InChI is InChI=1S/C15H13F2N5O2/c16-11-2-1-9(3-12(11)17)14-19-10(6-24-14)4-22-5-13(20-21-22)15(23)7-18-8-15/h1-3,5-6,18,23H,4,7-8H2.